The second-order valence-electron chi connectivity index (χ2n) is 6.26. The van der Waals surface area contributed by atoms with Gasteiger partial charge in [0.25, 0.3) is 0 Å². The first-order chi connectivity index (χ1) is 9.19. The quantitative estimate of drug-likeness (QED) is 0.813. The van der Waals surface area contributed by atoms with Crippen LogP contribution in [0, 0.1) is 5.92 Å². The summed E-state index contributed by atoms with van der Waals surface area (Å²) in [5.74, 6) is 0.593. The molecule has 4 nitrogen and oxygen atoms in total. The summed E-state index contributed by atoms with van der Waals surface area (Å²) in [5.41, 5.74) is 0. The van der Waals surface area contributed by atoms with Crippen LogP contribution in [-0.2, 0) is 4.79 Å². The zero-order chi connectivity index (χ0) is 13.7. The first kappa shape index (κ1) is 14.8. The van der Waals surface area contributed by atoms with Gasteiger partial charge in [-0.3, -0.25) is 9.69 Å². The van der Waals surface area contributed by atoms with Crippen LogP contribution in [0.2, 0.25) is 0 Å². The van der Waals surface area contributed by atoms with Gasteiger partial charge in [0, 0.05) is 38.7 Å². The van der Waals surface area contributed by atoms with Crippen LogP contribution >= 0.6 is 0 Å². The number of carbonyl (C=O) groups excluding carboxylic acids is 1. The minimum Gasteiger partial charge on any atom is -0.396 e. The lowest BCUT2D eigenvalue weighted by Crippen LogP contribution is -2.54. The van der Waals surface area contributed by atoms with E-state index in [1.807, 2.05) is 0 Å². The van der Waals surface area contributed by atoms with Crippen LogP contribution in [0.15, 0.2) is 0 Å². The molecule has 2 aliphatic rings. The third kappa shape index (κ3) is 4.46. The van der Waals surface area contributed by atoms with Crippen molar-refractivity contribution in [3.05, 3.63) is 0 Å². The molecular weight excluding hydrogens is 240 g/mol. The SMILES string of the molecule is CC(=O)NC1CC(CCO)CN(C2CCCCC2)C1. The van der Waals surface area contributed by atoms with Crippen LogP contribution < -0.4 is 5.32 Å². The Morgan fingerprint density at radius 1 is 1.26 bits per heavy atom. The Kier molecular flexibility index (Phi) is 5.64. The molecule has 0 spiro atoms. The lowest BCUT2D eigenvalue weighted by Gasteiger charge is -2.43. The highest BCUT2D eigenvalue weighted by Gasteiger charge is 2.31. The lowest BCUT2D eigenvalue weighted by molar-refractivity contribution is -0.120. The summed E-state index contributed by atoms with van der Waals surface area (Å²) in [6.07, 6.45) is 8.55. The highest BCUT2D eigenvalue weighted by Crippen LogP contribution is 2.28. The Labute approximate surface area is 116 Å². The molecule has 110 valence electrons. The zero-order valence-electron chi connectivity index (χ0n) is 12.1. The molecule has 0 aromatic carbocycles. The van der Waals surface area contributed by atoms with Crippen molar-refractivity contribution in [1.29, 1.82) is 0 Å². The fourth-order valence-corrected chi connectivity index (χ4v) is 3.77. The number of aliphatic hydroxyl groups is 1. The molecule has 19 heavy (non-hydrogen) atoms. The van der Waals surface area contributed by atoms with Crippen molar-refractivity contribution in [2.75, 3.05) is 19.7 Å². The van der Waals surface area contributed by atoms with Gasteiger partial charge in [0.15, 0.2) is 0 Å². The molecule has 2 atom stereocenters. The topological polar surface area (TPSA) is 52.6 Å². The fourth-order valence-electron chi connectivity index (χ4n) is 3.77. The number of piperidine rings is 1. The van der Waals surface area contributed by atoms with E-state index in [4.69, 9.17) is 0 Å². The molecule has 0 radical (unpaired) electrons. The number of aliphatic hydroxyl groups excluding tert-OH is 1. The fraction of sp³-hybridized carbons (Fsp3) is 0.933. The molecule has 1 saturated carbocycles. The van der Waals surface area contributed by atoms with Gasteiger partial charge in [0.1, 0.15) is 0 Å². The number of hydrogen-bond acceptors (Lipinski definition) is 3. The number of nitrogens with one attached hydrogen (secondary N) is 1. The first-order valence-corrected chi connectivity index (χ1v) is 7.81. The lowest BCUT2D eigenvalue weighted by atomic mass is 9.87. The molecule has 0 aromatic rings. The van der Waals surface area contributed by atoms with Crippen LogP contribution in [0.1, 0.15) is 51.9 Å². The smallest absolute Gasteiger partial charge is 0.217 e. The average Bonchev–Trinajstić information content (AvgIpc) is 2.39. The van der Waals surface area contributed by atoms with Crippen molar-refractivity contribution in [1.82, 2.24) is 10.2 Å². The van der Waals surface area contributed by atoms with Gasteiger partial charge in [-0.1, -0.05) is 19.3 Å². The number of amides is 1. The van der Waals surface area contributed by atoms with Gasteiger partial charge < -0.3 is 10.4 Å². The summed E-state index contributed by atoms with van der Waals surface area (Å²) in [5, 5.41) is 12.3. The molecule has 1 heterocycles. The van der Waals surface area contributed by atoms with Crippen molar-refractivity contribution < 1.29 is 9.90 Å². The highest BCUT2D eigenvalue weighted by atomic mass is 16.3. The molecule has 1 saturated heterocycles. The summed E-state index contributed by atoms with van der Waals surface area (Å²) in [7, 11) is 0. The molecule has 0 aromatic heterocycles. The maximum atomic E-state index is 11.3. The second-order valence-corrected chi connectivity index (χ2v) is 6.26. The Hall–Kier alpha value is -0.610. The van der Waals surface area contributed by atoms with Gasteiger partial charge >= 0.3 is 0 Å². The molecule has 2 fully saturated rings. The molecule has 0 bridgehead atoms. The molecular formula is C15H28N2O2. The van der Waals surface area contributed by atoms with E-state index < -0.39 is 0 Å². The van der Waals surface area contributed by atoms with Gasteiger partial charge in [0.2, 0.25) is 5.91 Å². The Balaban J connectivity index is 1.94. The van der Waals surface area contributed by atoms with E-state index in [0.717, 1.165) is 25.9 Å². The predicted octanol–water partition coefficient (Wildman–Crippen LogP) is 1.53. The van der Waals surface area contributed by atoms with Crippen molar-refractivity contribution in [2.24, 2.45) is 5.92 Å². The summed E-state index contributed by atoms with van der Waals surface area (Å²) in [6.45, 7) is 3.95. The minimum atomic E-state index is 0.0678. The van der Waals surface area contributed by atoms with Crippen LogP contribution in [-0.4, -0.2) is 47.7 Å². The van der Waals surface area contributed by atoms with E-state index >= 15 is 0 Å². The number of likely N-dealkylation sites (tertiary alicyclic amines) is 1. The number of nitrogens with zero attached hydrogens (tertiary/aromatic N) is 1. The van der Waals surface area contributed by atoms with Gasteiger partial charge in [-0.25, -0.2) is 0 Å². The van der Waals surface area contributed by atoms with E-state index in [1.165, 1.54) is 32.1 Å². The highest BCUT2D eigenvalue weighted by molar-refractivity contribution is 5.73. The molecule has 1 aliphatic heterocycles. The third-order valence-corrected chi connectivity index (χ3v) is 4.60. The predicted molar refractivity (Wildman–Crippen MR) is 75.9 cm³/mol. The van der Waals surface area contributed by atoms with Crippen LogP contribution in [0.25, 0.3) is 0 Å². The van der Waals surface area contributed by atoms with Crippen LogP contribution in [0.4, 0.5) is 0 Å². The average molecular weight is 268 g/mol. The van der Waals surface area contributed by atoms with Crippen molar-refractivity contribution in [2.45, 2.75) is 64.0 Å². The van der Waals surface area contributed by atoms with Crippen molar-refractivity contribution in [3.8, 4) is 0 Å². The molecule has 1 amide bonds. The number of carbonyl (C=O) groups is 1. The van der Waals surface area contributed by atoms with Crippen molar-refractivity contribution >= 4 is 5.91 Å². The third-order valence-electron chi connectivity index (χ3n) is 4.60. The molecule has 2 unspecified atom stereocenters. The summed E-state index contributed by atoms with van der Waals surface area (Å²) in [6, 6.07) is 0.969. The van der Waals surface area contributed by atoms with E-state index in [-0.39, 0.29) is 18.6 Å². The monoisotopic (exact) mass is 268 g/mol. The summed E-state index contributed by atoms with van der Waals surface area (Å²) < 4.78 is 0. The van der Waals surface area contributed by atoms with Gasteiger partial charge in [-0.15, -0.1) is 0 Å². The summed E-state index contributed by atoms with van der Waals surface area (Å²) >= 11 is 0. The molecule has 1 aliphatic carbocycles. The van der Waals surface area contributed by atoms with Crippen LogP contribution in [0.5, 0.6) is 0 Å². The van der Waals surface area contributed by atoms with E-state index in [1.54, 1.807) is 6.92 Å². The normalized spacial score (nSPS) is 30.2. The van der Waals surface area contributed by atoms with E-state index in [2.05, 4.69) is 10.2 Å². The molecule has 2 N–H and O–H groups in total. The van der Waals surface area contributed by atoms with E-state index in [0.29, 0.717) is 12.0 Å². The van der Waals surface area contributed by atoms with Crippen molar-refractivity contribution in [3.63, 3.8) is 0 Å². The van der Waals surface area contributed by atoms with Gasteiger partial charge in [0.05, 0.1) is 0 Å². The second kappa shape index (κ2) is 7.25. The largest absolute Gasteiger partial charge is 0.396 e. The Bertz CT molecular complexity index is 290. The maximum Gasteiger partial charge on any atom is 0.217 e. The number of hydrogen-bond donors (Lipinski definition) is 2. The Morgan fingerprint density at radius 3 is 2.63 bits per heavy atom. The zero-order valence-corrected chi connectivity index (χ0v) is 12.1. The summed E-state index contributed by atoms with van der Waals surface area (Å²) in [4.78, 5) is 13.9. The first-order valence-electron chi connectivity index (χ1n) is 7.81. The molecule has 2 rings (SSSR count). The Morgan fingerprint density at radius 2 is 2.00 bits per heavy atom. The standard InChI is InChI=1S/C15H28N2O2/c1-12(19)16-14-9-13(7-8-18)10-17(11-14)15-5-3-2-4-6-15/h13-15,18H,2-11H2,1H3,(H,16,19). The number of rotatable bonds is 4. The van der Waals surface area contributed by atoms with Gasteiger partial charge in [-0.2, -0.15) is 0 Å². The van der Waals surface area contributed by atoms with Crippen LogP contribution in [0.3, 0.4) is 0 Å². The molecule has 4 heteroatoms. The minimum absolute atomic E-state index is 0.0678. The van der Waals surface area contributed by atoms with Gasteiger partial charge in [-0.05, 0) is 31.6 Å². The maximum absolute atomic E-state index is 11.3. The van der Waals surface area contributed by atoms with E-state index in [9.17, 15) is 9.90 Å².